The highest BCUT2D eigenvalue weighted by molar-refractivity contribution is 6.32. The van der Waals surface area contributed by atoms with Gasteiger partial charge in [0.15, 0.2) is 0 Å². The van der Waals surface area contributed by atoms with Crippen LogP contribution < -0.4 is 4.74 Å². The van der Waals surface area contributed by atoms with Gasteiger partial charge >= 0.3 is 0 Å². The number of para-hydroxylation sites is 1. The van der Waals surface area contributed by atoms with Gasteiger partial charge in [-0.15, -0.1) is 0 Å². The largest absolute Gasteiger partial charge is 0.490 e. The Kier molecular flexibility index (Phi) is 5.63. The molecule has 1 aliphatic heterocycles. The Morgan fingerprint density at radius 2 is 1.92 bits per heavy atom. The fourth-order valence-electron chi connectivity index (χ4n) is 3.55. The molecule has 0 saturated carbocycles. The molecule has 1 heterocycles. The van der Waals surface area contributed by atoms with Crippen LogP contribution in [0.2, 0.25) is 5.02 Å². The normalized spacial score (nSPS) is 19.4. The summed E-state index contributed by atoms with van der Waals surface area (Å²) >= 11 is 6.35. The van der Waals surface area contributed by atoms with Gasteiger partial charge in [0, 0.05) is 5.02 Å². The lowest BCUT2D eigenvalue weighted by Gasteiger charge is -2.33. The molecule has 2 heteroatoms. The molecule has 0 amide bonds. The number of halogens is 1. The first-order chi connectivity index (χ1) is 11.7. The summed E-state index contributed by atoms with van der Waals surface area (Å²) in [6.07, 6.45) is 5.83. The molecule has 3 rings (SSSR count). The molecule has 2 aromatic carbocycles. The smallest absolute Gasteiger partial charge is 0.123 e. The monoisotopic (exact) mass is 340 g/mol. The van der Waals surface area contributed by atoms with E-state index in [-0.39, 0.29) is 0 Å². The first-order valence-corrected chi connectivity index (χ1v) is 9.25. The second-order valence-corrected chi connectivity index (χ2v) is 7.05. The van der Waals surface area contributed by atoms with Crippen molar-refractivity contribution >= 4 is 17.2 Å². The van der Waals surface area contributed by atoms with E-state index < -0.39 is 0 Å². The topological polar surface area (TPSA) is 9.23 Å². The molecule has 0 fully saturated rings. The zero-order chi connectivity index (χ0) is 16.9. The molecule has 0 aromatic heterocycles. The molecule has 2 unspecified atom stereocenters. The Morgan fingerprint density at radius 3 is 2.71 bits per heavy atom. The standard InChI is InChI=1S/C22H25ClO/c1-3-4-9-18-15-17(20-11-6-8-13-22(20)24-18)14-16(2)19-10-5-7-12-21(19)23/h5-8,10-13,17-18H,2-4,9,14-15H2,1H3. The van der Waals surface area contributed by atoms with Crippen molar-refractivity contribution in [3.05, 3.63) is 71.3 Å². The van der Waals surface area contributed by atoms with Crippen molar-refractivity contribution in [1.82, 2.24) is 0 Å². The van der Waals surface area contributed by atoms with Crippen molar-refractivity contribution in [1.29, 1.82) is 0 Å². The van der Waals surface area contributed by atoms with E-state index in [4.69, 9.17) is 16.3 Å². The molecule has 126 valence electrons. The van der Waals surface area contributed by atoms with Crippen LogP contribution in [0.4, 0.5) is 0 Å². The van der Waals surface area contributed by atoms with Crippen molar-refractivity contribution in [2.75, 3.05) is 0 Å². The summed E-state index contributed by atoms with van der Waals surface area (Å²) in [7, 11) is 0. The second kappa shape index (κ2) is 7.90. The molecule has 0 aliphatic carbocycles. The Labute approximate surface area is 150 Å². The van der Waals surface area contributed by atoms with Crippen LogP contribution in [0.1, 0.15) is 56.1 Å². The van der Waals surface area contributed by atoms with Gasteiger partial charge in [0.05, 0.1) is 6.10 Å². The lowest BCUT2D eigenvalue weighted by molar-refractivity contribution is 0.147. The van der Waals surface area contributed by atoms with Gasteiger partial charge in [-0.25, -0.2) is 0 Å². The minimum absolute atomic E-state index is 0.309. The summed E-state index contributed by atoms with van der Waals surface area (Å²) in [4.78, 5) is 0. The van der Waals surface area contributed by atoms with Crippen LogP contribution in [0.5, 0.6) is 5.75 Å². The van der Waals surface area contributed by atoms with Gasteiger partial charge in [-0.2, -0.15) is 0 Å². The molecule has 2 atom stereocenters. The second-order valence-electron chi connectivity index (χ2n) is 6.64. The first kappa shape index (κ1) is 17.1. The van der Waals surface area contributed by atoms with E-state index in [2.05, 4.69) is 43.8 Å². The fraction of sp³-hybridized carbons (Fsp3) is 0.364. The highest BCUT2D eigenvalue weighted by atomic mass is 35.5. The van der Waals surface area contributed by atoms with Crippen molar-refractivity contribution in [3.63, 3.8) is 0 Å². The van der Waals surface area contributed by atoms with Gasteiger partial charge in [-0.05, 0) is 54.0 Å². The van der Waals surface area contributed by atoms with Gasteiger partial charge < -0.3 is 4.74 Å². The van der Waals surface area contributed by atoms with E-state index in [1.54, 1.807) is 0 Å². The molecular weight excluding hydrogens is 316 g/mol. The lowest BCUT2D eigenvalue weighted by atomic mass is 9.83. The van der Waals surface area contributed by atoms with Gasteiger partial charge in [0.1, 0.15) is 5.75 Å². The summed E-state index contributed by atoms with van der Waals surface area (Å²) in [5.74, 6) is 1.49. The predicted molar refractivity (Wildman–Crippen MR) is 103 cm³/mol. The van der Waals surface area contributed by atoms with Crippen LogP contribution in [0, 0.1) is 0 Å². The van der Waals surface area contributed by atoms with E-state index in [0.717, 1.165) is 41.2 Å². The summed E-state index contributed by atoms with van der Waals surface area (Å²) in [5, 5.41) is 0.783. The zero-order valence-electron chi connectivity index (χ0n) is 14.3. The number of allylic oxidation sites excluding steroid dienone is 1. The SMILES string of the molecule is C=C(CC1CC(CCCC)Oc2ccccc21)c1ccccc1Cl. The molecule has 0 radical (unpaired) electrons. The minimum Gasteiger partial charge on any atom is -0.490 e. The van der Waals surface area contributed by atoms with Crippen LogP contribution >= 0.6 is 11.6 Å². The highest BCUT2D eigenvalue weighted by Crippen LogP contribution is 2.42. The maximum atomic E-state index is 6.35. The van der Waals surface area contributed by atoms with Crippen molar-refractivity contribution in [2.45, 2.75) is 51.0 Å². The van der Waals surface area contributed by atoms with E-state index >= 15 is 0 Å². The Bertz CT molecular complexity index is 707. The molecular formula is C22H25ClO. The minimum atomic E-state index is 0.309. The fourth-order valence-corrected chi connectivity index (χ4v) is 3.82. The van der Waals surface area contributed by atoms with Crippen molar-refractivity contribution in [2.24, 2.45) is 0 Å². The zero-order valence-corrected chi connectivity index (χ0v) is 15.1. The van der Waals surface area contributed by atoms with E-state index in [0.29, 0.717) is 12.0 Å². The van der Waals surface area contributed by atoms with Crippen molar-refractivity contribution < 1.29 is 4.74 Å². The van der Waals surface area contributed by atoms with Gasteiger partial charge in [-0.3, -0.25) is 0 Å². The van der Waals surface area contributed by atoms with Gasteiger partial charge in [0.25, 0.3) is 0 Å². The third kappa shape index (κ3) is 3.84. The summed E-state index contributed by atoms with van der Waals surface area (Å²) in [6.45, 7) is 6.54. The highest BCUT2D eigenvalue weighted by Gasteiger charge is 2.28. The summed E-state index contributed by atoms with van der Waals surface area (Å²) < 4.78 is 6.22. The van der Waals surface area contributed by atoms with E-state index in [1.807, 2.05) is 18.2 Å². The number of rotatable bonds is 6. The van der Waals surface area contributed by atoms with E-state index in [1.165, 1.54) is 18.4 Å². The number of ether oxygens (including phenoxy) is 1. The third-order valence-electron chi connectivity index (χ3n) is 4.83. The molecule has 0 bridgehead atoms. The predicted octanol–water partition coefficient (Wildman–Crippen LogP) is 6.87. The van der Waals surface area contributed by atoms with Crippen LogP contribution in [-0.2, 0) is 0 Å². The van der Waals surface area contributed by atoms with Crippen LogP contribution in [0.15, 0.2) is 55.1 Å². The average molecular weight is 341 g/mol. The maximum absolute atomic E-state index is 6.35. The number of unbranched alkanes of at least 4 members (excludes halogenated alkanes) is 1. The number of benzene rings is 2. The average Bonchev–Trinajstić information content (AvgIpc) is 2.60. The van der Waals surface area contributed by atoms with Crippen LogP contribution in [0.3, 0.4) is 0 Å². The van der Waals surface area contributed by atoms with Crippen molar-refractivity contribution in [3.8, 4) is 5.75 Å². The van der Waals surface area contributed by atoms with Crippen LogP contribution in [0.25, 0.3) is 5.57 Å². The third-order valence-corrected chi connectivity index (χ3v) is 5.16. The molecule has 0 spiro atoms. The molecule has 0 saturated heterocycles. The van der Waals surface area contributed by atoms with Gasteiger partial charge in [-0.1, -0.05) is 74.3 Å². The summed E-state index contributed by atoms with van der Waals surface area (Å²) in [6, 6.07) is 16.4. The quantitative estimate of drug-likeness (QED) is 0.557. The molecule has 1 nitrogen and oxygen atoms in total. The Balaban J connectivity index is 1.80. The molecule has 2 aromatic rings. The number of fused-ring (bicyclic) bond motifs is 1. The van der Waals surface area contributed by atoms with Crippen LogP contribution in [-0.4, -0.2) is 6.10 Å². The van der Waals surface area contributed by atoms with E-state index in [9.17, 15) is 0 Å². The Hall–Kier alpha value is -1.73. The number of hydrogen-bond donors (Lipinski definition) is 0. The number of hydrogen-bond acceptors (Lipinski definition) is 1. The summed E-state index contributed by atoms with van der Waals surface area (Å²) in [5.41, 5.74) is 3.48. The molecule has 1 aliphatic rings. The maximum Gasteiger partial charge on any atom is 0.123 e. The Morgan fingerprint density at radius 1 is 1.17 bits per heavy atom. The molecule has 24 heavy (non-hydrogen) atoms. The van der Waals surface area contributed by atoms with Gasteiger partial charge in [0.2, 0.25) is 0 Å². The lowest BCUT2D eigenvalue weighted by Crippen LogP contribution is -2.25. The first-order valence-electron chi connectivity index (χ1n) is 8.87. The molecule has 0 N–H and O–H groups in total.